The highest BCUT2D eigenvalue weighted by Gasteiger charge is 2.29. The lowest BCUT2D eigenvalue weighted by atomic mass is 10.1. The molecule has 4 rings (SSSR count). The molecule has 0 spiro atoms. The van der Waals surface area contributed by atoms with Crippen LogP contribution in [0.3, 0.4) is 0 Å². The summed E-state index contributed by atoms with van der Waals surface area (Å²) in [6.07, 6.45) is 1.74. The second-order valence-corrected chi connectivity index (χ2v) is 7.21. The van der Waals surface area contributed by atoms with Crippen molar-refractivity contribution in [3.63, 3.8) is 0 Å². The van der Waals surface area contributed by atoms with Gasteiger partial charge in [-0.15, -0.1) is 5.10 Å². The van der Waals surface area contributed by atoms with E-state index < -0.39 is 0 Å². The van der Waals surface area contributed by atoms with Crippen molar-refractivity contribution >= 4 is 5.97 Å². The van der Waals surface area contributed by atoms with Crippen LogP contribution in [0, 0.1) is 6.92 Å². The van der Waals surface area contributed by atoms with Crippen molar-refractivity contribution < 1.29 is 14.3 Å². The number of nitrogens with zero attached hydrogens (tertiary/aromatic N) is 4. The SMILES string of the molecule is COC(=O)c1ccc(Cn2cc(C3OCCN3Cc3cccc(C)c3)nn2)cc1. The van der Waals surface area contributed by atoms with Gasteiger partial charge in [-0.3, -0.25) is 4.90 Å². The van der Waals surface area contributed by atoms with Gasteiger partial charge in [0.1, 0.15) is 5.69 Å². The van der Waals surface area contributed by atoms with Crippen LogP contribution in [-0.2, 0) is 22.6 Å². The van der Waals surface area contributed by atoms with Gasteiger partial charge in [-0.25, -0.2) is 9.48 Å². The van der Waals surface area contributed by atoms with Crippen LogP contribution >= 0.6 is 0 Å². The molecule has 0 saturated carbocycles. The lowest BCUT2D eigenvalue weighted by Gasteiger charge is -2.21. The van der Waals surface area contributed by atoms with Crippen molar-refractivity contribution in [2.75, 3.05) is 20.3 Å². The Labute approximate surface area is 169 Å². The third kappa shape index (κ3) is 4.52. The Morgan fingerprint density at radius 1 is 1.17 bits per heavy atom. The van der Waals surface area contributed by atoms with Crippen molar-refractivity contribution in [3.05, 3.63) is 82.7 Å². The van der Waals surface area contributed by atoms with Gasteiger partial charge in [0.05, 0.1) is 32.0 Å². The van der Waals surface area contributed by atoms with E-state index in [9.17, 15) is 4.79 Å². The fourth-order valence-electron chi connectivity index (χ4n) is 3.54. The van der Waals surface area contributed by atoms with Gasteiger partial charge in [-0.1, -0.05) is 47.2 Å². The molecule has 7 heteroatoms. The number of benzene rings is 2. The van der Waals surface area contributed by atoms with Gasteiger partial charge in [0.15, 0.2) is 6.23 Å². The number of ether oxygens (including phenoxy) is 2. The largest absolute Gasteiger partial charge is 0.465 e. The molecule has 3 aromatic rings. The number of carbonyl (C=O) groups excluding carboxylic acids is 1. The van der Waals surface area contributed by atoms with Crippen LogP contribution in [0.15, 0.2) is 54.7 Å². The summed E-state index contributed by atoms with van der Waals surface area (Å²) in [4.78, 5) is 13.8. The molecule has 0 N–H and O–H groups in total. The predicted molar refractivity (Wildman–Crippen MR) is 107 cm³/mol. The van der Waals surface area contributed by atoms with Gasteiger partial charge in [0, 0.05) is 13.1 Å². The van der Waals surface area contributed by atoms with Gasteiger partial charge in [0.2, 0.25) is 0 Å². The molecule has 0 aliphatic carbocycles. The third-order valence-corrected chi connectivity index (χ3v) is 4.98. The molecule has 2 heterocycles. The number of aromatic nitrogens is 3. The molecule has 0 amide bonds. The number of rotatable bonds is 6. The average Bonchev–Trinajstić information content (AvgIpc) is 3.37. The Hall–Kier alpha value is -3.03. The second kappa shape index (κ2) is 8.55. The van der Waals surface area contributed by atoms with Crippen molar-refractivity contribution in [1.29, 1.82) is 0 Å². The smallest absolute Gasteiger partial charge is 0.337 e. The molecule has 2 aromatic carbocycles. The van der Waals surface area contributed by atoms with Gasteiger partial charge >= 0.3 is 5.97 Å². The first kappa shape index (κ1) is 19.3. The van der Waals surface area contributed by atoms with E-state index in [1.807, 2.05) is 18.3 Å². The molecule has 1 atom stereocenters. The highest BCUT2D eigenvalue weighted by atomic mass is 16.5. The first-order valence-electron chi connectivity index (χ1n) is 9.61. The monoisotopic (exact) mass is 392 g/mol. The maximum Gasteiger partial charge on any atom is 0.337 e. The van der Waals surface area contributed by atoms with Crippen LogP contribution in [0.5, 0.6) is 0 Å². The summed E-state index contributed by atoms with van der Waals surface area (Å²) in [6, 6.07) is 15.8. The van der Waals surface area contributed by atoms with Gasteiger partial charge in [-0.2, -0.15) is 0 Å². The third-order valence-electron chi connectivity index (χ3n) is 4.98. The van der Waals surface area contributed by atoms with Crippen molar-refractivity contribution in [1.82, 2.24) is 19.9 Å². The molecule has 1 saturated heterocycles. The van der Waals surface area contributed by atoms with Crippen molar-refractivity contribution in [2.45, 2.75) is 26.2 Å². The summed E-state index contributed by atoms with van der Waals surface area (Å²) in [5.41, 5.74) is 4.88. The van der Waals surface area contributed by atoms with Gasteiger partial charge in [0.25, 0.3) is 0 Å². The molecule has 1 aliphatic rings. The molecule has 29 heavy (non-hydrogen) atoms. The normalized spacial score (nSPS) is 16.8. The molecule has 1 aliphatic heterocycles. The van der Waals surface area contributed by atoms with Crippen molar-refractivity contribution in [3.8, 4) is 0 Å². The van der Waals surface area contributed by atoms with Gasteiger partial charge in [-0.05, 0) is 30.2 Å². The standard InChI is InChI=1S/C22H24N4O3/c1-16-4-3-5-18(12-16)13-25-10-11-29-21(25)20-15-26(24-23-20)14-17-6-8-19(9-7-17)22(27)28-2/h3-9,12,15,21H,10-11,13-14H2,1-2H3. The van der Waals surface area contributed by atoms with E-state index in [1.165, 1.54) is 18.2 Å². The number of hydrogen-bond acceptors (Lipinski definition) is 6. The summed E-state index contributed by atoms with van der Waals surface area (Å²) in [6.45, 7) is 5.02. The van der Waals surface area contributed by atoms with Crippen LogP contribution in [0.1, 0.15) is 39.0 Å². The molecule has 1 aromatic heterocycles. The predicted octanol–water partition coefficient (Wildman–Crippen LogP) is 2.95. The summed E-state index contributed by atoms with van der Waals surface area (Å²) in [5, 5.41) is 8.59. The lowest BCUT2D eigenvalue weighted by Crippen LogP contribution is -2.23. The van der Waals surface area contributed by atoms with Crippen LogP contribution in [0.2, 0.25) is 0 Å². The zero-order valence-electron chi connectivity index (χ0n) is 16.6. The van der Waals surface area contributed by atoms with Crippen LogP contribution in [0.4, 0.5) is 0 Å². The molecular formula is C22H24N4O3. The number of methoxy groups -OCH3 is 1. The zero-order chi connectivity index (χ0) is 20.2. The maximum atomic E-state index is 11.5. The Morgan fingerprint density at radius 2 is 2.00 bits per heavy atom. The Balaban J connectivity index is 1.43. The van der Waals surface area contributed by atoms with E-state index in [0.717, 1.165) is 24.3 Å². The summed E-state index contributed by atoms with van der Waals surface area (Å²) in [7, 11) is 1.38. The maximum absolute atomic E-state index is 11.5. The number of aryl methyl sites for hydroxylation is 1. The van der Waals surface area contributed by atoms with Gasteiger partial charge < -0.3 is 9.47 Å². The fraction of sp³-hybridized carbons (Fsp3) is 0.318. The molecular weight excluding hydrogens is 368 g/mol. The Morgan fingerprint density at radius 3 is 2.76 bits per heavy atom. The van der Waals surface area contributed by atoms with Crippen LogP contribution in [0.25, 0.3) is 0 Å². The Kier molecular flexibility index (Phi) is 5.69. The lowest BCUT2D eigenvalue weighted by molar-refractivity contribution is 0.0252. The summed E-state index contributed by atoms with van der Waals surface area (Å²) < 4.78 is 12.4. The first-order chi connectivity index (χ1) is 14.1. The van der Waals surface area contributed by atoms with E-state index in [-0.39, 0.29) is 12.2 Å². The molecule has 7 nitrogen and oxygen atoms in total. The second-order valence-electron chi connectivity index (χ2n) is 7.21. The van der Waals surface area contributed by atoms with Crippen molar-refractivity contribution in [2.24, 2.45) is 0 Å². The molecule has 150 valence electrons. The van der Waals surface area contributed by atoms with E-state index >= 15 is 0 Å². The summed E-state index contributed by atoms with van der Waals surface area (Å²) >= 11 is 0. The molecule has 1 fully saturated rings. The van der Waals surface area contributed by atoms with E-state index in [4.69, 9.17) is 9.47 Å². The fourth-order valence-corrected chi connectivity index (χ4v) is 3.54. The highest BCUT2D eigenvalue weighted by molar-refractivity contribution is 5.89. The number of hydrogen-bond donors (Lipinski definition) is 0. The quantitative estimate of drug-likeness (QED) is 0.601. The van der Waals surface area contributed by atoms with E-state index in [0.29, 0.717) is 18.7 Å². The zero-order valence-corrected chi connectivity index (χ0v) is 16.6. The topological polar surface area (TPSA) is 69.5 Å². The molecule has 1 unspecified atom stereocenters. The molecule has 0 radical (unpaired) electrons. The molecule has 0 bridgehead atoms. The van der Waals surface area contributed by atoms with E-state index in [2.05, 4.69) is 46.4 Å². The summed E-state index contributed by atoms with van der Waals surface area (Å²) in [5.74, 6) is -0.341. The minimum Gasteiger partial charge on any atom is -0.465 e. The van der Waals surface area contributed by atoms with Crippen LogP contribution in [-0.4, -0.2) is 46.1 Å². The minimum atomic E-state index is -0.341. The first-order valence-corrected chi connectivity index (χ1v) is 9.61. The highest BCUT2D eigenvalue weighted by Crippen LogP contribution is 2.27. The minimum absolute atomic E-state index is 0.189. The average molecular weight is 392 g/mol. The van der Waals surface area contributed by atoms with E-state index in [1.54, 1.807) is 16.8 Å². The number of esters is 1. The Bertz CT molecular complexity index is 984. The van der Waals surface area contributed by atoms with Crippen LogP contribution < -0.4 is 0 Å². The number of carbonyl (C=O) groups is 1.